The smallest absolute Gasteiger partial charge is 0.208 e. The maximum atomic E-state index is 4.14. The zero-order valence-electron chi connectivity index (χ0n) is 9.45. The van der Waals surface area contributed by atoms with Crippen LogP contribution in [-0.2, 0) is 0 Å². The number of nitrogens with zero attached hydrogens (tertiary/aromatic N) is 3. The molecule has 0 aliphatic rings. The molecule has 18 heavy (non-hydrogen) atoms. The highest BCUT2D eigenvalue weighted by Gasteiger charge is 1.94. The fourth-order valence-corrected chi connectivity index (χ4v) is 2.38. The minimum Gasteiger partial charge on any atom is -0.329 e. The summed E-state index contributed by atoms with van der Waals surface area (Å²) in [5.74, 6) is 0. The first-order chi connectivity index (χ1) is 8.92. The van der Waals surface area contributed by atoms with Crippen molar-refractivity contribution in [2.45, 2.75) is 0 Å². The van der Waals surface area contributed by atoms with Crippen molar-refractivity contribution in [3.05, 3.63) is 59.2 Å². The van der Waals surface area contributed by atoms with E-state index < -0.39 is 0 Å². The molecular formula is C13H10N4S. The molecule has 0 saturated heterocycles. The first-order valence-corrected chi connectivity index (χ1v) is 6.28. The molecule has 0 bridgehead atoms. The number of rotatable bonds is 2. The Kier molecular flexibility index (Phi) is 2.97. The second-order valence-electron chi connectivity index (χ2n) is 3.66. The largest absolute Gasteiger partial charge is 0.329 e. The topological polar surface area (TPSA) is 53.4 Å². The number of benzene rings is 1. The summed E-state index contributed by atoms with van der Waals surface area (Å²) >= 11 is 1.58. The van der Waals surface area contributed by atoms with Crippen LogP contribution < -0.4 is 4.80 Å². The van der Waals surface area contributed by atoms with Gasteiger partial charge in [0.05, 0.1) is 16.4 Å². The van der Waals surface area contributed by atoms with Crippen LogP contribution in [0.4, 0.5) is 0 Å². The number of H-pyrrole nitrogens is 1. The van der Waals surface area contributed by atoms with Crippen molar-refractivity contribution in [1.29, 1.82) is 0 Å². The summed E-state index contributed by atoms with van der Waals surface area (Å²) in [5, 5.41) is 8.19. The molecule has 3 rings (SSSR count). The normalized spacial score (nSPS) is 12.6. The van der Waals surface area contributed by atoms with E-state index in [1.807, 2.05) is 30.3 Å². The molecule has 2 heterocycles. The molecule has 0 atom stereocenters. The quantitative estimate of drug-likeness (QED) is 0.554. The van der Waals surface area contributed by atoms with E-state index in [0.717, 1.165) is 15.9 Å². The third-order valence-corrected chi connectivity index (χ3v) is 3.33. The molecule has 2 aromatic heterocycles. The van der Waals surface area contributed by atoms with Crippen LogP contribution in [0.2, 0.25) is 0 Å². The molecule has 1 aromatic carbocycles. The first kappa shape index (κ1) is 10.9. The first-order valence-electron chi connectivity index (χ1n) is 5.47. The van der Waals surface area contributed by atoms with Gasteiger partial charge in [-0.2, -0.15) is 5.10 Å². The van der Waals surface area contributed by atoms with Crippen LogP contribution in [0.3, 0.4) is 0 Å². The molecule has 0 aliphatic carbocycles. The Bertz CT molecular complexity index is 704. The summed E-state index contributed by atoms with van der Waals surface area (Å²) in [6.45, 7) is 0. The maximum absolute atomic E-state index is 4.14. The highest BCUT2D eigenvalue weighted by Crippen LogP contribution is 2.12. The highest BCUT2D eigenvalue weighted by molar-refractivity contribution is 7.16. The summed E-state index contributed by atoms with van der Waals surface area (Å²) in [7, 11) is 0. The lowest BCUT2D eigenvalue weighted by molar-refractivity contribution is 1.12. The Morgan fingerprint density at radius 2 is 2.11 bits per heavy atom. The van der Waals surface area contributed by atoms with Crippen LogP contribution >= 0.6 is 11.3 Å². The molecule has 0 amide bonds. The number of aromatic nitrogens is 2. The molecule has 0 unspecified atom stereocenters. The predicted octanol–water partition coefficient (Wildman–Crippen LogP) is 2.56. The molecule has 1 N–H and O–H groups in total. The van der Waals surface area contributed by atoms with Crippen molar-refractivity contribution >= 4 is 27.8 Å². The minimum absolute atomic E-state index is 0.788. The van der Waals surface area contributed by atoms with Crippen molar-refractivity contribution in [2.24, 2.45) is 10.2 Å². The molecule has 4 nitrogen and oxygen atoms in total. The number of para-hydroxylation sites is 1. The molecule has 0 saturated carbocycles. The summed E-state index contributed by atoms with van der Waals surface area (Å²) in [6, 6.07) is 11.9. The molecular weight excluding hydrogens is 244 g/mol. The highest BCUT2D eigenvalue weighted by atomic mass is 32.1. The van der Waals surface area contributed by atoms with E-state index >= 15 is 0 Å². The predicted molar refractivity (Wildman–Crippen MR) is 73.6 cm³/mol. The van der Waals surface area contributed by atoms with Gasteiger partial charge in [0, 0.05) is 18.0 Å². The van der Waals surface area contributed by atoms with Crippen molar-refractivity contribution < 1.29 is 0 Å². The van der Waals surface area contributed by atoms with E-state index in [2.05, 4.69) is 26.2 Å². The van der Waals surface area contributed by atoms with Gasteiger partial charge >= 0.3 is 0 Å². The van der Waals surface area contributed by atoms with Crippen LogP contribution in [0.25, 0.3) is 10.2 Å². The van der Waals surface area contributed by atoms with Crippen LogP contribution in [0, 0.1) is 0 Å². The summed E-state index contributed by atoms with van der Waals surface area (Å²) < 4.78 is 1.17. The minimum atomic E-state index is 0.788. The molecule has 0 fully saturated rings. The van der Waals surface area contributed by atoms with Crippen molar-refractivity contribution in [3.8, 4) is 0 Å². The van der Waals surface area contributed by atoms with E-state index in [1.165, 1.54) is 4.70 Å². The van der Waals surface area contributed by atoms with E-state index in [1.54, 1.807) is 29.9 Å². The molecule has 0 radical (unpaired) electrons. The Morgan fingerprint density at radius 3 is 2.94 bits per heavy atom. The fraction of sp³-hybridized carbons (Fsp3) is 0. The number of aromatic amines is 1. The van der Waals surface area contributed by atoms with Gasteiger partial charge in [0.15, 0.2) is 0 Å². The Morgan fingerprint density at radius 1 is 1.17 bits per heavy atom. The van der Waals surface area contributed by atoms with Gasteiger partial charge in [-0.3, -0.25) is 4.98 Å². The Balaban J connectivity index is 1.90. The molecule has 5 heteroatoms. The molecule has 3 aromatic rings. The average molecular weight is 254 g/mol. The Labute approximate surface area is 107 Å². The maximum Gasteiger partial charge on any atom is 0.208 e. The van der Waals surface area contributed by atoms with Gasteiger partial charge < -0.3 is 4.98 Å². The Hall–Kier alpha value is -2.27. The number of thiazole rings is 1. The van der Waals surface area contributed by atoms with Crippen LogP contribution in [0.5, 0.6) is 0 Å². The summed E-state index contributed by atoms with van der Waals surface area (Å²) in [5.41, 5.74) is 2.01. The van der Waals surface area contributed by atoms with Gasteiger partial charge in [0.1, 0.15) is 0 Å². The van der Waals surface area contributed by atoms with Crippen LogP contribution in [-0.4, -0.2) is 16.2 Å². The van der Waals surface area contributed by atoms with Crippen LogP contribution in [0.1, 0.15) is 5.56 Å². The SMILES string of the molecule is C(=N\N=c1\[nH]c2ccccc2s1)/c1cccnc1. The van der Waals surface area contributed by atoms with Gasteiger partial charge in [-0.1, -0.05) is 29.5 Å². The van der Waals surface area contributed by atoms with Crippen molar-refractivity contribution in [3.63, 3.8) is 0 Å². The lowest BCUT2D eigenvalue weighted by atomic mass is 10.3. The van der Waals surface area contributed by atoms with E-state index in [0.29, 0.717) is 0 Å². The number of fused-ring (bicyclic) bond motifs is 1. The lowest BCUT2D eigenvalue weighted by Gasteiger charge is -1.86. The summed E-state index contributed by atoms with van der Waals surface area (Å²) in [6.07, 6.45) is 5.16. The van der Waals surface area contributed by atoms with Gasteiger partial charge in [0.25, 0.3) is 0 Å². The van der Waals surface area contributed by atoms with Gasteiger partial charge in [-0.15, -0.1) is 5.10 Å². The number of nitrogens with one attached hydrogen (secondary N) is 1. The average Bonchev–Trinajstić information content (AvgIpc) is 2.82. The third-order valence-electron chi connectivity index (χ3n) is 2.38. The van der Waals surface area contributed by atoms with E-state index in [-0.39, 0.29) is 0 Å². The van der Waals surface area contributed by atoms with Gasteiger partial charge in [-0.25, -0.2) is 0 Å². The molecule has 0 spiro atoms. The lowest BCUT2D eigenvalue weighted by Crippen LogP contribution is -1.94. The second kappa shape index (κ2) is 4.93. The summed E-state index contributed by atoms with van der Waals surface area (Å²) in [4.78, 5) is 8.00. The van der Waals surface area contributed by atoms with Gasteiger partial charge in [-0.05, 0) is 18.2 Å². The molecule has 88 valence electrons. The van der Waals surface area contributed by atoms with E-state index in [9.17, 15) is 0 Å². The molecule has 0 aliphatic heterocycles. The fourth-order valence-electron chi connectivity index (χ4n) is 1.55. The van der Waals surface area contributed by atoms with Crippen molar-refractivity contribution in [2.75, 3.05) is 0 Å². The number of hydrogen-bond acceptors (Lipinski definition) is 4. The second-order valence-corrected chi connectivity index (χ2v) is 4.69. The van der Waals surface area contributed by atoms with Gasteiger partial charge in [0.2, 0.25) is 4.80 Å². The van der Waals surface area contributed by atoms with Crippen LogP contribution in [0.15, 0.2) is 59.0 Å². The zero-order chi connectivity index (χ0) is 12.2. The monoisotopic (exact) mass is 254 g/mol. The zero-order valence-corrected chi connectivity index (χ0v) is 10.3. The van der Waals surface area contributed by atoms with E-state index in [4.69, 9.17) is 0 Å². The number of hydrogen-bond donors (Lipinski definition) is 1. The standard InChI is InChI=1S/C13H10N4S/c1-2-6-12-11(5-1)16-13(18-12)17-15-9-10-4-3-7-14-8-10/h1-9H,(H,16,17)/b15-9+. The third kappa shape index (κ3) is 2.36. The number of pyridine rings is 1. The van der Waals surface area contributed by atoms with Crippen molar-refractivity contribution in [1.82, 2.24) is 9.97 Å².